The average Bonchev–Trinajstić information content (AvgIpc) is 2.28. The molecule has 0 atom stereocenters. The zero-order valence-corrected chi connectivity index (χ0v) is 10.7. The molecule has 2 rings (SSSR count). The van der Waals surface area contributed by atoms with Crippen LogP contribution in [0.2, 0.25) is 5.02 Å². The van der Waals surface area contributed by atoms with Crippen molar-refractivity contribution in [2.45, 2.75) is 33.6 Å². The fraction of sp³-hybridized carbons (Fsp3) is 0.357. The van der Waals surface area contributed by atoms with E-state index >= 15 is 0 Å². The summed E-state index contributed by atoms with van der Waals surface area (Å²) in [5, 5.41) is 1.93. The number of nitrogens with zero attached hydrogens (tertiary/aromatic N) is 1. The van der Waals surface area contributed by atoms with Gasteiger partial charge in [-0.15, -0.1) is 0 Å². The molecular weight excluding hydrogens is 218 g/mol. The van der Waals surface area contributed by atoms with Gasteiger partial charge >= 0.3 is 0 Å². The minimum absolute atomic E-state index is 0.848. The minimum Gasteiger partial charge on any atom is -0.252 e. The predicted octanol–water partition coefficient (Wildman–Crippen LogP) is 4.46. The van der Waals surface area contributed by atoms with Crippen LogP contribution in [0.25, 0.3) is 10.9 Å². The average molecular weight is 234 g/mol. The Morgan fingerprint density at radius 3 is 2.69 bits per heavy atom. The molecule has 1 nitrogen and oxygen atoms in total. The first-order valence-corrected chi connectivity index (χ1v) is 6.07. The maximum absolute atomic E-state index is 6.36. The van der Waals surface area contributed by atoms with E-state index in [9.17, 15) is 0 Å². The molecule has 1 aromatic heterocycles. The van der Waals surface area contributed by atoms with Gasteiger partial charge in [-0.3, -0.25) is 4.98 Å². The van der Waals surface area contributed by atoms with Gasteiger partial charge in [0.25, 0.3) is 0 Å². The van der Waals surface area contributed by atoms with Crippen LogP contribution < -0.4 is 0 Å². The number of aryl methyl sites for hydroxylation is 2. The fourth-order valence-corrected chi connectivity index (χ4v) is 2.27. The van der Waals surface area contributed by atoms with E-state index in [0.29, 0.717) is 0 Å². The molecule has 0 saturated carbocycles. The van der Waals surface area contributed by atoms with Crippen molar-refractivity contribution >= 4 is 22.5 Å². The third-order valence-electron chi connectivity index (χ3n) is 3.03. The topological polar surface area (TPSA) is 12.9 Å². The quantitative estimate of drug-likeness (QED) is 0.747. The van der Waals surface area contributed by atoms with Crippen LogP contribution in [0, 0.1) is 13.8 Å². The molecule has 0 spiro atoms. The van der Waals surface area contributed by atoms with Crippen molar-refractivity contribution in [1.29, 1.82) is 0 Å². The van der Waals surface area contributed by atoms with E-state index in [1.54, 1.807) is 0 Å². The van der Waals surface area contributed by atoms with Crippen molar-refractivity contribution in [3.05, 3.63) is 40.0 Å². The van der Waals surface area contributed by atoms with E-state index < -0.39 is 0 Å². The smallest absolute Gasteiger partial charge is 0.0752 e. The van der Waals surface area contributed by atoms with Gasteiger partial charge in [0.2, 0.25) is 0 Å². The van der Waals surface area contributed by atoms with E-state index in [4.69, 9.17) is 11.6 Å². The van der Waals surface area contributed by atoms with Gasteiger partial charge in [-0.2, -0.15) is 0 Å². The molecular formula is C14H16ClN. The Labute approximate surface area is 101 Å². The lowest BCUT2D eigenvalue weighted by Gasteiger charge is -2.10. The first kappa shape index (κ1) is 11.4. The van der Waals surface area contributed by atoms with E-state index in [-0.39, 0.29) is 0 Å². The second-order valence-electron chi connectivity index (χ2n) is 4.20. The molecule has 0 fully saturated rings. The van der Waals surface area contributed by atoms with Crippen molar-refractivity contribution in [2.75, 3.05) is 0 Å². The number of hydrogen-bond donors (Lipinski definition) is 0. The van der Waals surface area contributed by atoms with Gasteiger partial charge in [-0.25, -0.2) is 0 Å². The molecule has 0 aliphatic carbocycles. The van der Waals surface area contributed by atoms with Crippen molar-refractivity contribution in [3.8, 4) is 0 Å². The van der Waals surface area contributed by atoms with Crippen molar-refractivity contribution in [2.24, 2.45) is 0 Å². The number of benzene rings is 1. The molecule has 0 aliphatic rings. The van der Waals surface area contributed by atoms with Crippen molar-refractivity contribution in [3.63, 3.8) is 0 Å². The van der Waals surface area contributed by atoms with E-state index in [0.717, 1.165) is 40.0 Å². The summed E-state index contributed by atoms with van der Waals surface area (Å²) in [5.74, 6) is 0. The van der Waals surface area contributed by atoms with Gasteiger partial charge in [-0.1, -0.05) is 43.1 Å². The van der Waals surface area contributed by atoms with Gasteiger partial charge in [0.15, 0.2) is 0 Å². The number of fused-ring (bicyclic) bond motifs is 1. The highest BCUT2D eigenvalue weighted by Crippen LogP contribution is 2.29. The lowest BCUT2D eigenvalue weighted by Crippen LogP contribution is -1.95. The molecule has 0 N–H and O–H groups in total. The Kier molecular flexibility index (Phi) is 3.15. The first-order chi connectivity index (χ1) is 7.65. The van der Waals surface area contributed by atoms with Crippen LogP contribution in [0.3, 0.4) is 0 Å². The highest BCUT2D eigenvalue weighted by atomic mass is 35.5. The number of pyridine rings is 1. The Hall–Kier alpha value is -1.08. The standard InChI is InChI=1S/C14H16ClN/c1-4-6-11-7-5-8-12-13(15)9(2)10(3)16-14(11)12/h5,7-8H,4,6H2,1-3H3. The van der Waals surface area contributed by atoms with Gasteiger partial charge in [0, 0.05) is 11.1 Å². The molecule has 2 aromatic rings. The summed E-state index contributed by atoms with van der Waals surface area (Å²) < 4.78 is 0. The lowest BCUT2D eigenvalue weighted by atomic mass is 10.0. The molecule has 16 heavy (non-hydrogen) atoms. The van der Waals surface area contributed by atoms with E-state index in [2.05, 4.69) is 30.1 Å². The third-order valence-corrected chi connectivity index (χ3v) is 3.51. The molecule has 0 unspecified atom stereocenters. The third kappa shape index (κ3) is 1.80. The van der Waals surface area contributed by atoms with Gasteiger partial charge in [0.05, 0.1) is 10.5 Å². The number of aromatic nitrogens is 1. The molecule has 0 aliphatic heterocycles. The van der Waals surface area contributed by atoms with Gasteiger partial charge in [0.1, 0.15) is 0 Å². The maximum Gasteiger partial charge on any atom is 0.0752 e. The van der Waals surface area contributed by atoms with Crippen LogP contribution in [0.4, 0.5) is 0 Å². The molecule has 1 aromatic carbocycles. The summed E-state index contributed by atoms with van der Waals surface area (Å²) in [6.45, 7) is 6.22. The fourth-order valence-electron chi connectivity index (χ4n) is 1.98. The maximum atomic E-state index is 6.36. The summed E-state index contributed by atoms with van der Waals surface area (Å²) >= 11 is 6.36. The molecule has 0 amide bonds. The Balaban J connectivity index is 2.78. The lowest BCUT2D eigenvalue weighted by molar-refractivity contribution is 0.925. The molecule has 0 saturated heterocycles. The second kappa shape index (κ2) is 4.42. The first-order valence-electron chi connectivity index (χ1n) is 5.69. The van der Waals surface area contributed by atoms with E-state index in [1.807, 2.05) is 13.8 Å². The van der Waals surface area contributed by atoms with Crippen LogP contribution in [0.1, 0.15) is 30.2 Å². The summed E-state index contributed by atoms with van der Waals surface area (Å²) in [6, 6.07) is 6.26. The van der Waals surface area contributed by atoms with Crippen molar-refractivity contribution in [1.82, 2.24) is 4.98 Å². The summed E-state index contributed by atoms with van der Waals surface area (Å²) in [4.78, 5) is 4.67. The zero-order valence-electron chi connectivity index (χ0n) is 9.97. The monoisotopic (exact) mass is 233 g/mol. The minimum atomic E-state index is 0.848. The molecule has 1 heterocycles. The highest BCUT2D eigenvalue weighted by Gasteiger charge is 2.09. The predicted molar refractivity (Wildman–Crippen MR) is 70.2 cm³/mol. The number of halogens is 1. The zero-order chi connectivity index (χ0) is 11.7. The summed E-state index contributed by atoms with van der Waals surface area (Å²) in [7, 11) is 0. The van der Waals surface area contributed by atoms with Crippen LogP contribution >= 0.6 is 11.6 Å². The van der Waals surface area contributed by atoms with E-state index in [1.165, 1.54) is 5.56 Å². The SMILES string of the molecule is CCCc1cccc2c(Cl)c(C)c(C)nc12. The van der Waals surface area contributed by atoms with Crippen molar-refractivity contribution < 1.29 is 0 Å². The van der Waals surface area contributed by atoms with Gasteiger partial charge in [-0.05, 0) is 31.4 Å². The van der Waals surface area contributed by atoms with Crippen LogP contribution in [-0.4, -0.2) is 4.98 Å². The number of rotatable bonds is 2. The van der Waals surface area contributed by atoms with Crippen LogP contribution in [-0.2, 0) is 6.42 Å². The highest BCUT2D eigenvalue weighted by molar-refractivity contribution is 6.36. The molecule has 0 bridgehead atoms. The van der Waals surface area contributed by atoms with Crippen LogP contribution in [0.5, 0.6) is 0 Å². The van der Waals surface area contributed by atoms with Crippen LogP contribution in [0.15, 0.2) is 18.2 Å². The molecule has 0 radical (unpaired) electrons. The molecule has 84 valence electrons. The number of para-hydroxylation sites is 1. The number of hydrogen-bond acceptors (Lipinski definition) is 1. The Morgan fingerprint density at radius 2 is 2.00 bits per heavy atom. The van der Waals surface area contributed by atoms with Gasteiger partial charge < -0.3 is 0 Å². The summed E-state index contributed by atoms with van der Waals surface area (Å²) in [5.41, 5.74) is 4.48. The summed E-state index contributed by atoms with van der Waals surface area (Å²) in [6.07, 6.45) is 2.19. The second-order valence-corrected chi connectivity index (χ2v) is 4.58. The Bertz CT molecular complexity index is 532. The normalized spacial score (nSPS) is 11.0. The largest absolute Gasteiger partial charge is 0.252 e. The molecule has 2 heteroatoms. The Morgan fingerprint density at radius 1 is 1.25 bits per heavy atom.